The standard InChI is InChI=1S/C15H19N3O2S/c1-2-3-12-18(13-8-5-4-6-9-13)21(19,20)15-14(16)10-7-11-17-15/h4-11H,2-3,12,16H2,1H3. The van der Waals surface area contributed by atoms with Crippen LogP contribution in [-0.4, -0.2) is 19.9 Å². The van der Waals surface area contributed by atoms with Gasteiger partial charge < -0.3 is 5.73 Å². The van der Waals surface area contributed by atoms with Crippen molar-refractivity contribution in [2.45, 2.75) is 24.8 Å². The van der Waals surface area contributed by atoms with Gasteiger partial charge in [0, 0.05) is 12.7 Å². The van der Waals surface area contributed by atoms with E-state index in [0.29, 0.717) is 12.2 Å². The van der Waals surface area contributed by atoms with Gasteiger partial charge in [0.15, 0.2) is 5.03 Å². The molecule has 1 aromatic carbocycles. The Hall–Kier alpha value is -2.08. The van der Waals surface area contributed by atoms with Crippen molar-refractivity contribution in [2.75, 3.05) is 16.6 Å². The average molecular weight is 305 g/mol. The molecule has 112 valence electrons. The zero-order valence-corrected chi connectivity index (χ0v) is 12.8. The highest BCUT2D eigenvalue weighted by molar-refractivity contribution is 7.92. The third kappa shape index (κ3) is 3.33. The minimum Gasteiger partial charge on any atom is -0.396 e. The van der Waals surface area contributed by atoms with Crippen LogP contribution in [0.1, 0.15) is 19.8 Å². The van der Waals surface area contributed by atoms with Crippen molar-refractivity contribution in [2.24, 2.45) is 0 Å². The first-order valence-electron chi connectivity index (χ1n) is 6.85. The fourth-order valence-electron chi connectivity index (χ4n) is 2.01. The number of hydrogen-bond acceptors (Lipinski definition) is 4. The molecule has 0 radical (unpaired) electrons. The maximum Gasteiger partial charge on any atom is 0.283 e. The molecule has 0 unspecified atom stereocenters. The van der Waals surface area contributed by atoms with Crippen molar-refractivity contribution >= 4 is 21.4 Å². The molecule has 0 saturated carbocycles. The van der Waals surface area contributed by atoms with Crippen molar-refractivity contribution in [1.29, 1.82) is 0 Å². The van der Waals surface area contributed by atoms with Gasteiger partial charge in [0.05, 0.1) is 11.4 Å². The summed E-state index contributed by atoms with van der Waals surface area (Å²) in [6, 6.07) is 12.2. The van der Waals surface area contributed by atoms with Gasteiger partial charge in [0.2, 0.25) is 0 Å². The molecule has 0 fully saturated rings. The van der Waals surface area contributed by atoms with E-state index in [-0.39, 0.29) is 10.7 Å². The van der Waals surface area contributed by atoms with Crippen LogP contribution in [0, 0.1) is 0 Å². The summed E-state index contributed by atoms with van der Waals surface area (Å²) in [5, 5.41) is -0.0926. The van der Waals surface area contributed by atoms with Gasteiger partial charge in [0.25, 0.3) is 10.0 Å². The molecule has 0 aliphatic heterocycles. The van der Waals surface area contributed by atoms with Crippen LogP contribution in [0.25, 0.3) is 0 Å². The summed E-state index contributed by atoms with van der Waals surface area (Å²) in [6.45, 7) is 2.42. The number of unbranched alkanes of at least 4 members (excludes halogenated alkanes) is 1. The first-order valence-corrected chi connectivity index (χ1v) is 8.29. The minimum absolute atomic E-state index is 0.0926. The second-order valence-electron chi connectivity index (χ2n) is 4.66. The fourth-order valence-corrected chi connectivity index (χ4v) is 3.54. The lowest BCUT2D eigenvalue weighted by molar-refractivity contribution is 0.585. The van der Waals surface area contributed by atoms with Crippen LogP contribution >= 0.6 is 0 Å². The smallest absolute Gasteiger partial charge is 0.283 e. The number of para-hydroxylation sites is 1. The van der Waals surface area contributed by atoms with E-state index in [1.807, 2.05) is 25.1 Å². The largest absolute Gasteiger partial charge is 0.396 e. The van der Waals surface area contributed by atoms with E-state index in [2.05, 4.69) is 4.98 Å². The molecule has 0 atom stereocenters. The molecule has 0 bridgehead atoms. The van der Waals surface area contributed by atoms with Crippen LogP contribution in [0.3, 0.4) is 0 Å². The Labute approximate surface area is 125 Å². The summed E-state index contributed by atoms with van der Waals surface area (Å²) < 4.78 is 27.1. The van der Waals surface area contributed by atoms with E-state index in [0.717, 1.165) is 12.8 Å². The number of sulfonamides is 1. The summed E-state index contributed by atoms with van der Waals surface area (Å²) in [5.74, 6) is 0. The van der Waals surface area contributed by atoms with Crippen LogP contribution in [0.2, 0.25) is 0 Å². The Bertz CT molecular complexity index is 687. The van der Waals surface area contributed by atoms with Crippen molar-refractivity contribution in [3.63, 3.8) is 0 Å². The van der Waals surface area contributed by atoms with Gasteiger partial charge in [-0.25, -0.2) is 4.98 Å². The summed E-state index contributed by atoms with van der Waals surface area (Å²) in [4.78, 5) is 3.95. The second-order valence-corrected chi connectivity index (χ2v) is 6.44. The zero-order chi connectivity index (χ0) is 15.3. The monoisotopic (exact) mass is 305 g/mol. The molecule has 0 spiro atoms. The molecule has 0 aliphatic rings. The van der Waals surface area contributed by atoms with Gasteiger partial charge in [-0.3, -0.25) is 4.31 Å². The van der Waals surface area contributed by atoms with Gasteiger partial charge in [-0.2, -0.15) is 8.42 Å². The van der Waals surface area contributed by atoms with Crippen molar-refractivity contribution in [1.82, 2.24) is 4.98 Å². The Morgan fingerprint density at radius 2 is 1.86 bits per heavy atom. The van der Waals surface area contributed by atoms with E-state index < -0.39 is 10.0 Å². The molecule has 0 amide bonds. The number of rotatable bonds is 6. The molecular formula is C15H19N3O2S. The Morgan fingerprint density at radius 1 is 1.14 bits per heavy atom. The van der Waals surface area contributed by atoms with Crippen LogP contribution in [-0.2, 0) is 10.0 Å². The number of nitrogens with two attached hydrogens (primary N) is 1. The molecular weight excluding hydrogens is 286 g/mol. The molecule has 6 heteroatoms. The number of nitrogen functional groups attached to an aromatic ring is 1. The van der Waals surface area contributed by atoms with E-state index in [1.54, 1.807) is 24.3 Å². The number of anilines is 2. The van der Waals surface area contributed by atoms with Gasteiger partial charge in [-0.1, -0.05) is 31.5 Å². The van der Waals surface area contributed by atoms with E-state index in [9.17, 15) is 8.42 Å². The predicted octanol–water partition coefficient (Wildman–Crippen LogP) is 2.66. The number of benzene rings is 1. The number of pyridine rings is 1. The van der Waals surface area contributed by atoms with Crippen molar-refractivity contribution in [3.05, 3.63) is 48.7 Å². The fraction of sp³-hybridized carbons (Fsp3) is 0.267. The van der Waals surface area contributed by atoms with Crippen LogP contribution in [0.4, 0.5) is 11.4 Å². The lowest BCUT2D eigenvalue weighted by Gasteiger charge is -2.24. The van der Waals surface area contributed by atoms with E-state index in [1.165, 1.54) is 10.5 Å². The maximum atomic E-state index is 12.8. The molecule has 2 rings (SSSR count). The normalized spacial score (nSPS) is 11.3. The van der Waals surface area contributed by atoms with Gasteiger partial charge in [-0.05, 0) is 30.7 Å². The second kappa shape index (κ2) is 6.58. The Kier molecular flexibility index (Phi) is 4.80. The zero-order valence-electron chi connectivity index (χ0n) is 11.9. The highest BCUT2D eigenvalue weighted by Crippen LogP contribution is 2.25. The topological polar surface area (TPSA) is 76.3 Å². The molecule has 1 aromatic heterocycles. The van der Waals surface area contributed by atoms with Gasteiger partial charge >= 0.3 is 0 Å². The highest BCUT2D eigenvalue weighted by atomic mass is 32.2. The molecule has 2 N–H and O–H groups in total. The lowest BCUT2D eigenvalue weighted by atomic mass is 10.3. The summed E-state index contributed by atoms with van der Waals surface area (Å²) in [6.07, 6.45) is 3.10. The Balaban J connectivity index is 2.48. The van der Waals surface area contributed by atoms with Crippen LogP contribution < -0.4 is 10.0 Å². The highest BCUT2D eigenvalue weighted by Gasteiger charge is 2.27. The van der Waals surface area contributed by atoms with Crippen LogP contribution in [0.15, 0.2) is 53.7 Å². The van der Waals surface area contributed by atoms with E-state index in [4.69, 9.17) is 5.73 Å². The summed E-state index contributed by atoms with van der Waals surface area (Å²) in [5.41, 5.74) is 6.57. The number of aromatic nitrogens is 1. The third-order valence-corrected chi connectivity index (χ3v) is 4.90. The van der Waals surface area contributed by atoms with Crippen molar-refractivity contribution in [3.8, 4) is 0 Å². The Morgan fingerprint density at radius 3 is 2.48 bits per heavy atom. The lowest BCUT2D eigenvalue weighted by Crippen LogP contribution is -2.33. The number of nitrogens with zero attached hydrogens (tertiary/aromatic N) is 2. The quantitative estimate of drug-likeness (QED) is 0.890. The SMILES string of the molecule is CCCCN(c1ccccc1)S(=O)(=O)c1ncccc1N. The summed E-state index contributed by atoms with van der Waals surface area (Å²) >= 11 is 0. The molecule has 0 aliphatic carbocycles. The molecule has 21 heavy (non-hydrogen) atoms. The number of hydrogen-bond donors (Lipinski definition) is 1. The average Bonchev–Trinajstić information content (AvgIpc) is 2.49. The maximum absolute atomic E-state index is 12.8. The first kappa shape index (κ1) is 15.3. The predicted molar refractivity (Wildman–Crippen MR) is 84.5 cm³/mol. The molecule has 5 nitrogen and oxygen atoms in total. The third-order valence-electron chi connectivity index (χ3n) is 3.09. The minimum atomic E-state index is -3.76. The molecule has 2 aromatic rings. The van der Waals surface area contributed by atoms with E-state index >= 15 is 0 Å². The van der Waals surface area contributed by atoms with Crippen LogP contribution in [0.5, 0.6) is 0 Å². The van der Waals surface area contributed by atoms with Crippen molar-refractivity contribution < 1.29 is 8.42 Å². The molecule has 1 heterocycles. The first-order chi connectivity index (χ1) is 10.1. The summed E-state index contributed by atoms with van der Waals surface area (Å²) in [7, 11) is -3.76. The van der Waals surface area contributed by atoms with Gasteiger partial charge in [-0.15, -0.1) is 0 Å². The molecule has 0 saturated heterocycles. The van der Waals surface area contributed by atoms with Gasteiger partial charge in [0.1, 0.15) is 0 Å².